The van der Waals surface area contributed by atoms with Crippen molar-refractivity contribution in [2.45, 2.75) is 6.54 Å². The van der Waals surface area contributed by atoms with Gasteiger partial charge in [0.25, 0.3) is 0 Å². The van der Waals surface area contributed by atoms with Crippen LogP contribution in [0.5, 0.6) is 0 Å². The molecule has 0 aliphatic rings. The van der Waals surface area contributed by atoms with Crippen molar-refractivity contribution in [1.29, 1.82) is 0 Å². The van der Waals surface area contributed by atoms with Crippen LogP contribution in [0.25, 0.3) is 10.9 Å². The van der Waals surface area contributed by atoms with Crippen LogP contribution in [0.1, 0.15) is 5.56 Å². The van der Waals surface area contributed by atoms with Crippen LogP contribution in [0.15, 0.2) is 54.7 Å². The number of pyridine rings is 1. The number of benzene rings is 2. The van der Waals surface area contributed by atoms with Crippen LogP contribution in [0.2, 0.25) is 5.02 Å². The number of aromatic nitrogens is 1. The van der Waals surface area contributed by atoms with Gasteiger partial charge >= 0.3 is 0 Å². The number of anilines is 1. The van der Waals surface area contributed by atoms with Crippen molar-refractivity contribution < 1.29 is 4.39 Å². The minimum absolute atomic E-state index is 0.326. The molecule has 0 aliphatic heterocycles. The van der Waals surface area contributed by atoms with Crippen LogP contribution in [-0.2, 0) is 6.54 Å². The molecule has 0 saturated heterocycles. The van der Waals surface area contributed by atoms with Crippen LogP contribution in [-0.4, -0.2) is 4.98 Å². The maximum atomic E-state index is 13.0. The molecule has 2 nitrogen and oxygen atoms in total. The smallest absolute Gasteiger partial charge is 0.124 e. The number of nitrogens with one attached hydrogen (secondary N) is 1. The van der Waals surface area contributed by atoms with Gasteiger partial charge in [-0.2, -0.15) is 0 Å². The number of hydrogen-bond acceptors (Lipinski definition) is 2. The highest BCUT2D eigenvalue weighted by molar-refractivity contribution is 6.31. The van der Waals surface area contributed by atoms with Crippen LogP contribution in [0.4, 0.5) is 10.1 Å². The summed E-state index contributed by atoms with van der Waals surface area (Å²) < 4.78 is 13.0. The molecular formula is C16H12ClFN2. The number of fused-ring (bicyclic) bond motifs is 1. The largest absolute Gasteiger partial charge is 0.380 e. The van der Waals surface area contributed by atoms with E-state index < -0.39 is 0 Å². The van der Waals surface area contributed by atoms with Crippen LogP contribution in [0, 0.1) is 5.82 Å². The third-order valence-corrected chi connectivity index (χ3v) is 3.48. The molecule has 1 N–H and O–H groups in total. The predicted molar refractivity (Wildman–Crippen MR) is 80.5 cm³/mol. The van der Waals surface area contributed by atoms with Gasteiger partial charge in [0.1, 0.15) is 5.82 Å². The quantitative estimate of drug-likeness (QED) is 0.759. The molecule has 0 spiro atoms. The third kappa shape index (κ3) is 2.58. The summed E-state index contributed by atoms with van der Waals surface area (Å²) in [5.74, 6) is -0.326. The number of halogens is 2. The van der Waals surface area contributed by atoms with Crippen molar-refractivity contribution in [1.82, 2.24) is 4.98 Å². The summed E-state index contributed by atoms with van der Waals surface area (Å²) in [4.78, 5) is 4.31. The Hall–Kier alpha value is -2.13. The lowest BCUT2D eigenvalue weighted by molar-refractivity contribution is 0.627. The summed E-state index contributed by atoms with van der Waals surface area (Å²) in [6, 6.07) is 14.2. The summed E-state index contributed by atoms with van der Waals surface area (Å²) in [6.07, 6.45) is 1.77. The molecular weight excluding hydrogens is 275 g/mol. The average Bonchev–Trinajstić information content (AvgIpc) is 2.46. The predicted octanol–water partition coefficient (Wildman–Crippen LogP) is 4.64. The Labute approximate surface area is 121 Å². The molecule has 0 aliphatic carbocycles. The summed E-state index contributed by atoms with van der Waals surface area (Å²) in [5, 5.41) is 4.79. The Morgan fingerprint density at radius 2 is 2.00 bits per heavy atom. The molecule has 1 aromatic heterocycles. The highest BCUT2D eigenvalue weighted by Gasteiger charge is 2.04. The van der Waals surface area contributed by atoms with E-state index in [9.17, 15) is 4.39 Å². The standard InChI is InChI=1S/C16H12ClFN2/c17-14-9-12(18)7-6-11(14)10-20-16-5-1-4-15-13(16)3-2-8-19-15/h1-9,20H,10H2. The van der Waals surface area contributed by atoms with Gasteiger partial charge in [-0.15, -0.1) is 0 Å². The lowest BCUT2D eigenvalue weighted by Crippen LogP contribution is -2.01. The van der Waals surface area contributed by atoms with Gasteiger partial charge in [-0.1, -0.05) is 23.7 Å². The molecule has 0 fully saturated rings. The summed E-state index contributed by atoms with van der Waals surface area (Å²) in [6.45, 7) is 0.535. The molecule has 100 valence electrons. The van der Waals surface area contributed by atoms with Gasteiger partial charge in [0.15, 0.2) is 0 Å². The number of nitrogens with zero attached hydrogens (tertiary/aromatic N) is 1. The minimum Gasteiger partial charge on any atom is -0.380 e. The van der Waals surface area contributed by atoms with Gasteiger partial charge in [-0.05, 0) is 42.0 Å². The maximum Gasteiger partial charge on any atom is 0.124 e. The first-order valence-corrected chi connectivity index (χ1v) is 6.63. The first-order chi connectivity index (χ1) is 9.74. The zero-order valence-electron chi connectivity index (χ0n) is 10.6. The van der Waals surface area contributed by atoms with E-state index in [2.05, 4.69) is 10.3 Å². The van der Waals surface area contributed by atoms with E-state index in [1.807, 2.05) is 30.3 Å². The molecule has 4 heteroatoms. The highest BCUT2D eigenvalue weighted by atomic mass is 35.5. The fourth-order valence-corrected chi connectivity index (χ4v) is 2.35. The van der Waals surface area contributed by atoms with E-state index in [0.717, 1.165) is 22.2 Å². The lowest BCUT2D eigenvalue weighted by Gasteiger charge is -2.10. The molecule has 0 atom stereocenters. The van der Waals surface area contributed by atoms with Gasteiger partial charge in [-0.25, -0.2) is 4.39 Å². The van der Waals surface area contributed by atoms with Gasteiger partial charge in [-0.3, -0.25) is 4.98 Å². The fourth-order valence-electron chi connectivity index (χ4n) is 2.11. The maximum absolute atomic E-state index is 13.0. The highest BCUT2D eigenvalue weighted by Crippen LogP contribution is 2.23. The van der Waals surface area contributed by atoms with Gasteiger partial charge in [0.05, 0.1) is 5.52 Å². The first kappa shape index (κ1) is 12.9. The Morgan fingerprint density at radius 3 is 2.85 bits per heavy atom. The second-order valence-electron chi connectivity index (χ2n) is 4.46. The molecule has 0 radical (unpaired) electrons. The van der Waals surface area contributed by atoms with Gasteiger partial charge < -0.3 is 5.32 Å². The second-order valence-corrected chi connectivity index (χ2v) is 4.87. The van der Waals surface area contributed by atoms with Crippen LogP contribution < -0.4 is 5.32 Å². The topological polar surface area (TPSA) is 24.9 Å². The van der Waals surface area contributed by atoms with E-state index >= 15 is 0 Å². The van der Waals surface area contributed by atoms with Gasteiger partial charge in [0, 0.05) is 28.8 Å². The van der Waals surface area contributed by atoms with Crippen molar-refractivity contribution in [3.05, 3.63) is 71.1 Å². The van der Waals surface area contributed by atoms with Crippen molar-refractivity contribution in [3.8, 4) is 0 Å². The molecule has 20 heavy (non-hydrogen) atoms. The zero-order chi connectivity index (χ0) is 13.9. The fraction of sp³-hybridized carbons (Fsp3) is 0.0625. The molecule has 0 bridgehead atoms. The molecule has 3 rings (SSSR count). The molecule has 0 amide bonds. The van der Waals surface area contributed by atoms with E-state index in [-0.39, 0.29) is 5.82 Å². The second kappa shape index (κ2) is 5.47. The summed E-state index contributed by atoms with van der Waals surface area (Å²) in [7, 11) is 0. The van der Waals surface area contributed by atoms with Crippen molar-refractivity contribution >= 4 is 28.2 Å². The Bertz CT molecular complexity index is 753. The molecule has 0 saturated carbocycles. The third-order valence-electron chi connectivity index (χ3n) is 3.13. The monoisotopic (exact) mass is 286 g/mol. The zero-order valence-corrected chi connectivity index (χ0v) is 11.4. The Balaban J connectivity index is 1.87. The van der Waals surface area contributed by atoms with Crippen molar-refractivity contribution in [3.63, 3.8) is 0 Å². The van der Waals surface area contributed by atoms with Crippen LogP contribution >= 0.6 is 11.6 Å². The molecule has 0 unspecified atom stereocenters. The van der Waals surface area contributed by atoms with E-state index in [4.69, 9.17) is 11.6 Å². The normalized spacial score (nSPS) is 10.7. The Kier molecular flexibility index (Phi) is 3.52. The molecule has 1 heterocycles. The number of rotatable bonds is 3. The van der Waals surface area contributed by atoms with E-state index in [0.29, 0.717) is 11.6 Å². The van der Waals surface area contributed by atoms with Crippen LogP contribution in [0.3, 0.4) is 0 Å². The van der Waals surface area contributed by atoms with Crippen molar-refractivity contribution in [2.24, 2.45) is 0 Å². The summed E-state index contributed by atoms with van der Waals surface area (Å²) in [5.41, 5.74) is 2.77. The van der Waals surface area contributed by atoms with E-state index in [1.165, 1.54) is 12.1 Å². The molecule has 2 aromatic carbocycles. The first-order valence-electron chi connectivity index (χ1n) is 6.25. The molecule has 3 aromatic rings. The Morgan fingerprint density at radius 1 is 1.10 bits per heavy atom. The van der Waals surface area contributed by atoms with E-state index in [1.54, 1.807) is 12.3 Å². The van der Waals surface area contributed by atoms with Gasteiger partial charge in [0.2, 0.25) is 0 Å². The minimum atomic E-state index is -0.326. The average molecular weight is 287 g/mol. The summed E-state index contributed by atoms with van der Waals surface area (Å²) >= 11 is 6.02. The lowest BCUT2D eigenvalue weighted by atomic mass is 10.1. The number of hydrogen-bond donors (Lipinski definition) is 1. The SMILES string of the molecule is Fc1ccc(CNc2cccc3ncccc23)c(Cl)c1. The van der Waals surface area contributed by atoms with Crippen molar-refractivity contribution in [2.75, 3.05) is 5.32 Å².